The summed E-state index contributed by atoms with van der Waals surface area (Å²) in [5.74, 6) is 1.58. The standard InChI is InChI=1S/C17H20N2O3/c1-21-15-7-3-13(4-8-15)11-12-18-17(20)19-14-5-9-16(22-2)10-6-14/h3-10H,11-12H2,1-2H3,(H2,18,19,20). The summed E-state index contributed by atoms with van der Waals surface area (Å²) in [5, 5.41) is 5.60. The first-order chi connectivity index (χ1) is 10.7. The van der Waals surface area contributed by atoms with Crippen molar-refractivity contribution in [1.82, 2.24) is 5.32 Å². The summed E-state index contributed by atoms with van der Waals surface area (Å²) in [4.78, 5) is 11.8. The second-order valence-electron chi connectivity index (χ2n) is 4.71. The normalized spacial score (nSPS) is 9.91. The predicted molar refractivity (Wildman–Crippen MR) is 86.7 cm³/mol. The fourth-order valence-electron chi connectivity index (χ4n) is 1.96. The molecule has 0 unspecified atom stereocenters. The van der Waals surface area contributed by atoms with Crippen molar-refractivity contribution in [2.45, 2.75) is 6.42 Å². The molecule has 0 atom stereocenters. The highest BCUT2D eigenvalue weighted by atomic mass is 16.5. The van der Waals surface area contributed by atoms with Gasteiger partial charge in [0.1, 0.15) is 11.5 Å². The first kappa shape index (κ1) is 15.7. The molecule has 2 aromatic rings. The average Bonchev–Trinajstić information content (AvgIpc) is 2.56. The zero-order chi connectivity index (χ0) is 15.8. The third kappa shape index (κ3) is 4.70. The lowest BCUT2D eigenvalue weighted by atomic mass is 10.1. The van der Waals surface area contributed by atoms with Gasteiger partial charge >= 0.3 is 6.03 Å². The van der Waals surface area contributed by atoms with Crippen LogP contribution in [0.25, 0.3) is 0 Å². The van der Waals surface area contributed by atoms with Gasteiger partial charge < -0.3 is 20.1 Å². The predicted octanol–water partition coefficient (Wildman–Crippen LogP) is 3.07. The summed E-state index contributed by atoms with van der Waals surface area (Å²) in [5.41, 5.74) is 1.87. The molecular weight excluding hydrogens is 280 g/mol. The van der Waals surface area contributed by atoms with Crippen LogP contribution in [0.4, 0.5) is 10.5 Å². The lowest BCUT2D eigenvalue weighted by Gasteiger charge is -2.08. The maximum absolute atomic E-state index is 11.8. The van der Waals surface area contributed by atoms with Crippen LogP contribution in [0.2, 0.25) is 0 Å². The highest BCUT2D eigenvalue weighted by molar-refractivity contribution is 5.89. The van der Waals surface area contributed by atoms with E-state index in [9.17, 15) is 4.79 Å². The Morgan fingerprint density at radius 3 is 2.00 bits per heavy atom. The number of hydrogen-bond acceptors (Lipinski definition) is 3. The molecule has 116 valence electrons. The van der Waals surface area contributed by atoms with Gasteiger partial charge in [-0.05, 0) is 48.4 Å². The number of amides is 2. The van der Waals surface area contributed by atoms with E-state index in [1.54, 1.807) is 38.5 Å². The van der Waals surface area contributed by atoms with Crippen molar-refractivity contribution in [3.05, 3.63) is 54.1 Å². The Bertz CT molecular complexity index is 594. The van der Waals surface area contributed by atoms with E-state index in [2.05, 4.69) is 10.6 Å². The topological polar surface area (TPSA) is 59.6 Å². The van der Waals surface area contributed by atoms with Crippen molar-refractivity contribution in [2.75, 3.05) is 26.1 Å². The molecule has 5 nitrogen and oxygen atoms in total. The van der Waals surface area contributed by atoms with Crippen LogP contribution in [0, 0.1) is 0 Å². The molecular formula is C17H20N2O3. The molecule has 0 heterocycles. The van der Waals surface area contributed by atoms with Gasteiger partial charge in [0.15, 0.2) is 0 Å². The maximum atomic E-state index is 11.8. The molecule has 0 saturated heterocycles. The van der Waals surface area contributed by atoms with Crippen LogP contribution in [-0.2, 0) is 6.42 Å². The van der Waals surface area contributed by atoms with Crippen LogP contribution >= 0.6 is 0 Å². The molecule has 0 aliphatic rings. The molecule has 0 aliphatic heterocycles. The second-order valence-corrected chi connectivity index (χ2v) is 4.71. The molecule has 0 fully saturated rings. The fraction of sp³-hybridized carbons (Fsp3) is 0.235. The van der Waals surface area contributed by atoms with Crippen molar-refractivity contribution in [2.24, 2.45) is 0 Å². The smallest absolute Gasteiger partial charge is 0.319 e. The van der Waals surface area contributed by atoms with Gasteiger partial charge in [0.25, 0.3) is 0 Å². The number of carbonyl (C=O) groups is 1. The molecule has 2 aromatic carbocycles. The van der Waals surface area contributed by atoms with Crippen molar-refractivity contribution in [3.63, 3.8) is 0 Å². The molecule has 0 bridgehead atoms. The molecule has 0 radical (unpaired) electrons. The summed E-state index contributed by atoms with van der Waals surface area (Å²) in [7, 11) is 3.24. The Morgan fingerprint density at radius 2 is 1.45 bits per heavy atom. The average molecular weight is 300 g/mol. The fourth-order valence-corrected chi connectivity index (χ4v) is 1.96. The number of urea groups is 1. The van der Waals surface area contributed by atoms with Crippen LogP contribution in [0.5, 0.6) is 11.5 Å². The van der Waals surface area contributed by atoms with Gasteiger partial charge in [-0.25, -0.2) is 4.79 Å². The van der Waals surface area contributed by atoms with E-state index in [0.29, 0.717) is 6.54 Å². The lowest BCUT2D eigenvalue weighted by Crippen LogP contribution is -2.30. The van der Waals surface area contributed by atoms with E-state index in [1.807, 2.05) is 24.3 Å². The van der Waals surface area contributed by atoms with E-state index in [0.717, 1.165) is 29.2 Å². The molecule has 0 saturated carbocycles. The maximum Gasteiger partial charge on any atom is 0.319 e. The van der Waals surface area contributed by atoms with E-state index in [1.165, 1.54) is 0 Å². The zero-order valence-electron chi connectivity index (χ0n) is 12.8. The highest BCUT2D eigenvalue weighted by Crippen LogP contribution is 2.15. The van der Waals surface area contributed by atoms with Gasteiger partial charge in [-0.3, -0.25) is 0 Å². The van der Waals surface area contributed by atoms with Gasteiger partial charge in [-0.2, -0.15) is 0 Å². The quantitative estimate of drug-likeness (QED) is 0.862. The van der Waals surface area contributed by atoms with Gasteiger partial charge in [0.05, 0.1) is 14.2 Å². The summed E-state index contributed by atoms with van der Waals surface area (Å²) in [6.45, 7) is 0.564. The number of carbonyl (C=O) groups excluding carboxylic acids is 1. The van der Waals surface area contributed by atoms with Crippen molar-refractivity contribution >= 4 is 11.7 Å². The molecule has 0 aromatic heterocycles. The Labute approximate surface area is 130 Å². The number of ether oxygens (including phenoxy) is 2. The SMILES string of the molecule is COc1ccc(CCNC(=O)Nc2ccc(OC)cc2)cc1. The van der Waals surface area contributed by atoms with Gasteiger partial charge in [-0.1, -0.05) is 12.1 Å². The van der Waals surface area contributed by atoms with Crippen molar-refractivity contribution < 1.29 is 14.3 Å². The summed E-state index contributed by atoms with van der Waals surface area (Å²) >= 11 is 0. The summed E-state index contributed by atoms with van der Waals surface area (Å²) in [6.07, 6.45) is 0.764. The first-order valence-electron chi connectivity index (χ1n) is 7.03. The van der Waals surface area contributed by atoms with Crippen LogP contribution in [0.15, 0.2) is 48.5 Å². The second kappa shape index (κ2) is 7.93. The number of anilines is 1. The van der Waals surface area contributed by atoms with Crippen molar-refractivity contribution in [3.8, 4) is 11.5 Å². The van der Waals surface area contributed by atoms with E-state index >= 15 is 0 Å². The van der Waals surface area contributed by atoms with Gasteiger partial charge in [0.2, 0.25) is 0 Å². The summed E-state index contributed by atoms with van der Waals surface area (Å²) < 4.78 is 10.2. The van der Waals surface area contributed by atoms with E-state index in [4.69, 9.17) is 9.47 Å². The number of benzene rings is 2. The first-order valence-corrected chi connectivity index (χ1v) is 7.03. The number of methoxy groups -OCH3 is 2. The Hall–Kier alpha value is -2.69. The third-order valence-corrected chi connectivity index (χ3v) is 3.21. The van der Waals surface area contributed by atoms with Gasteiger partial charge in [-0.15, -0.1) is 0 Å². The Kier molecular flexibility index (Phi) is 5.65. The Balaban J connectivity index is 1.74. The van der Waals surface area contributed by atoms with Gasteiger partial charge in [0, 0.05) is 12.2 Å². The van der Waals surface area contributed by atoms with Crippen LogP contribution in [-0.4, -0.2) is 26.8 Å². The monoisotopic (exact) mass is 300 g/mol. The van der Waals surface area contributed by atoms with E-state index in [-0.39, 0.29) is 6.03 Å². The molecule has 0 spiro atoms. The molecule has 0 aliphatic carbocycles. The minimum absolute atomic E-state index is 0.223. The molecule has 2 N–H and O–H groups in total. The van der Waals surface area contributed by atoms with Crippen LogP contribution < -0.4 is 20.1 Å². The highest BCUT2D eigenvalue weighted by Gasteiger charge is 2.02. The molecule has 22 heavy (non-hydrogen) atoms. The third-order valence-electron chi connectivity index (χ3n) is 3.21. The number of nitrogens with one attached hydrogen (secondary N) is 2. The number of rotatable bonds is 6. The molecule has 2 rings (SSSR count). The van der Waals surface area contributed by atoms with Crippen LogP contribution in [0.3, 0.4) is 0 Å². The molecule has 2 amide bonds. The lowest BCUT2D eigenvalue weighted by molar-refractivity contribution is 0.252. The summed E-state index contributed by atoms with van der Waals surface area (Å²) in [6, 6.07) is 14.8. The molecule has 5 heteroatoms. The zero-order valence-corrected chi connectivity index (χ0v) is 12.8. The minimum Gasteiger partial charge on any atom is -0.497 e. The van der Waals surface area contributed by atoms with Crippen molar-refractivity contribution in [1.29, 1.82) is 0 Å². The largest absolute Gasteiger partial charge is 0.497 e. The van der Waals surface area contributed by atoms with Crippen LogP contribution in [0.1, 0.15) is 5.56 Å². The Morgan fingerprint density at radius 1 is 0.909 bits per heavy atom. The van der Waals surface area contributed by atoms with E-state index < -0.39 is 0 Å². The minimum atomic E-state index is -0.223. The number of hydrogen-bond donors (Lipinski definition) is 2.